The summed E-state index contributed by atoms with van der Waals surface area (Å²) in [5, 5.41) is 2.67. The molecule has 2 aromatic carbocycles. The zero-order chi connectivity index (χ0) is 23.2. The van der Waals surface area contributed by atoms with Crippen molar-refractivity contribution in [3.63, 3.8) is 0 Å². The Labute approximate surface area is 193 Å². The second-order valence-electron chi connectivity index (χ2n) is 8.77. The van der Waals surface area contributed by atoms with E-state index >= 15 is 0 Å². The molecule has 3 saturated carbocycles. The molecular formula is C26H30N2O5. The van der Waals surface area contributed by atoms with Gasteiger partial charge in [-0.2, -0.15) is 5.90 Å². The zero-order valence-corrected chi connectivity index (χ0v) is 18.8. The van der Waals surface area contributed by atoms with Crippen LogP contribution in [0.5, 0.6) is 11.5 Å². The molecule has 0 spiro atoms. The molecule has 0 aliphatic heterocycles. The van der Waals surface area contributed by atoms with Crippen LogP contribution in [0.2, 0.25) is 0 Å². The molecule has 1 unspecified atom stereocenters. The molecular weight excluding hydrogens is 420 g/mol. The van der Waals surface area contributed by atoms with Gasteiger partial charge in [0.1, 0.15) is 0 Å². The number of carbonyl (C=O) groups excluding carboxylic acids is 2. The summed E-state index contributed by atoms with van der Waals surface area (Å²) in [7, 11) is 1.61. The van der Waals surface area contributed by atoms with Gasteiger partial charge in [-0.25, -0.2) is 4.79 Å². The lowest BCUT2D eigenvalue weighted by Gasteiger charge is -2.42. The molecule has 3 aliphatic carbocycles. The predicted molar refractivity (Wildman–Crippen MR) is 126 cm³/mol. The Bertz CT molecular complexity index is 1030. The molecule has 2 bridgehead atoms. The van der Waals surface area contributed by atoms with Crippen molar-refractivity contribution in [2.24, 2.45) is 23.7 Å². The number of nitrogens with one attached hydrogen (secondary N) is 1. The van der Waals surface area contributed by atoms with Crippen molar-refractivity contribution in [1.82, 2.24) is 0 Å². The maximum absolute atomic E-state index is 12.4. The van der Waals surface area contributed by atoms with Gasteiger partial charge in [-0.3, -0.25) is 4.79 Å². The molecule has 0 heterocycles. The summed E-state index contributed by atoms with van der Waals surface area (Å²) in [6.45, 7) is 0.722. The molecule has 174 valence electrons. The van der Waals surface area contributed by atoms with E-state index < -0.39 is 5.97 Å². The molecule has 0 aromatic heterocycles. The molecule has 0 saturated heterocycles. The number of hydrogen-bond donors (Lipinski definition) is 2. The Morgan fingerprint density at radius 1 is 1.09 bits per heavy atom. The zero-order valence-electron chi connectivity index (χ0n) is 18.8. The number of anilines is 1. The standard InChI is InChI=1S/C26H30N2O5/c1-31-24-15-18(8-12-23(24)32-16-20-14-17-6-10-19(20)11-7-17)9-13-25(29)28-22-5-3-2-4-21(22)26(30)33-27/h2-5,8-9,12-13,15,17,19-20H,6-7,10-11,14,16,27H2,1H3,(H,28,29)/b13-9+. The number of amides is 1. The van der Waals surface area contributed by atoms with Gasteiger partial charge in [0.2, 0.25) is 5.91 Å². The number of fused-ring (bicyclic) bond motifs is 3. The molecule has 3 N–H and O–H groups in total. The maximum Gasteiger partial charge on any atom is 0.358 e. The Morgan fingerprint density at radius 2 is 1.88 bits per heavy atom. The topological polar surface area (TPSA) is 99.9 Å². The van der Waals surface area contributed by atoms with Crippen LogP contribution in [0, 0.1) is 17.8 Å². The fraction of sp³-hybridized carbons (Fsp3) is 0.385. The number of benzene rings is 2. The van der Waals surface area contributed by atoms with Crippen LogP contribution in [0.15, 0.2) is 48.5 Å². The first-order chi connectivity index (χ1) is 16.1. The van der Waals surface area contributed by atoms with Gasteiger partial charge < -0.3 is 19.6 Å². The molecule has 7 heteroatoms. The Hall–Kier alpha value is -3.32. The van der Waals surface area contributed by atoms with E-state index in [1.807, 2.05) is 18.2 Å². The first kappa shape index (κ1) is 22.9. The minimum Gasteiger partial charge on any atom is -0.493 e. The summed E-state index contributed by atoms with van der Waals surface area (Å²) in [6, 6.07) is 12.1. The van der Waals surface area contributed by atoms with Crippen LogP contribution in [-0.2, 0) is 9.63 Å². The van der Waals surface area contributed by atoms with Crippen molar-refractivity contribution >= 4 is 23.6 Å². The molecule has 7 nitrogen and oxygen atoms in total. The number of para-hydroxylation sites is 1. The maximum atomic E-state index is 12.4. The number of ether oxygens (including phenoxy) is 2. The van der Waals surface area contributed by atoms with E-state index in [4.69, 9.17) is 15.4 Å². The fourth-order valence-corrected chi connectivity index (χ4v) is 5.00. The molecule has 0 radical (unpaired) electrons. The molecule has 33 heavy (non-hydrogen) atoms. The third-order valence-corrected chi connectivity index (χ3v) is 6.77. The number of methoxy groups -OCH3 is 1. The molecule has 1 atom stereocenters. The first-order valence-electron chi connectivity index (χ1n) is 11.4. The molecule has 2 aromatic rings. The average molecular weight is 451 g/mol. The summed E-state index contributed by atoms with van der Waals surface area (Å²) in [6.07, 6.45) is 9.75. The van der Waals surface area contributed by atoms with E-state index in [0.29, 0.717) is 17.4 Å². The normalized spacial score (nSPS) is 21.6. The highest BCUT2D eigenvalue weighted by molar-refractivity contribution is 6.06. The van der Waals surface area contributed by atoms with Crippen molar-refractivity contribution in [3.8, 4) is 11.5 Å². The Morgan fingerprint density at radius 3 is 2.58 bits per heavy atom. The van der Waals surface area contributed by atoms with Crippen molar-refractivity contribution in [2.75, 3.05) is 19.0 Å². The largest absolute Gasteiger partial charge is 0.493 e. The SMILES string of the molecule is COc1cc(/C=C/C(=O)Nc2ccccc2C(=O)ON)ccc1OCC1CC2CCC1CC2. The van der Waals surface area contributed by atoms with Crippen LogP contribution in [-0.4, -0.2) is 25.6 Å². The van der Waals surface area contributed by atoms with E-state index in [-0.39, 0.29) is 11.5 Å². The lowest BCUT2D eigenvalue weighted by Crippen LogP contribution is -2.34. The summed E-state index contributed by atoms with van der Waals surface area (Å²) in [4.78, 5) is 28.4. The second-order valence-corrected chi connectivity index (χ2v) is 8.77. The van der Waals surface area contributed by atoms with Gasteiger partial charge >= 0.3 is 5.97 Å². The molecule has 1 amide bonds. The first-order valence-corrected chi connectivity index (χ1v) is 11.4. The summed E-state index contributed by atoms with van der Waals surface area (Å²) < 4.78 is 11.7. The average Bonchev–Trinajstić information content (AvgIpc) is 2.87. The Balaban J connectivity index is 1.37. The summed E-state index contributed by atoms with van der Waals surface area (Å²) in [5.74, 6) is 7.49. The van der Waals surface area contributed by atoms with Gasteiger partial charge in [0, 0.05) is 6.08 Å². The van der Waals surface area contributed by atoms with Gasteiger partial charge in [-0.15, -0.1) is 0 Å². The van der Waals surface area contributed by atoms with Gasteiger partial charge in [-0.05, 0) is 72.9 Å². The van der Waals surface area contributed by atoms with Crippen LogP contribution in [0.3, 0.4) is 0 Å². The van der Waals surface area contributed by atoms with Gasteiger partial charge in [0.25, 0.3) is 0 Å². The lowest BCUT2D eigenvalue weighted by molar-refractivity contribution is -0.111. The summed E-state index contributed by atoms with van der Waals surface area (Å²) >= 11 is 0. The third-order valence-electron chi connectivity index (χ3n) is 6.77. The van der Waals surface area contributed by atoms with E-state index in [1.165, 1.54) is 44.2 Å². The predicted octanol–water partition coefficient (Wildman–Crippen LogP) is 4.58. The monoisotopic (exact) mass is 450 g/mol. The van der Waals surface area contributed by atoms with E-state index in [2.05, 4.69) is 10.2 Å². The van der Waals surface area contributed by atoms with Crippen LogP contribution in [0.25, 0.3) is 6.08 Å². The third kappa shape index (κ3) is 5.54. The fourth-order valence-electron chi connectivity index (χ4n) is 5.00. The minimum absolute atomic E-state index is 0.177. The highest BCUT2D eigenvalue weighted by Crippen LogP contribution is 2.45. The number of carbonyl (C=O) groups is 2. The van der Waals surface area contributed by atoms with Crippen molar-refractivity contribution in [3.05, 3.63) is 59.7 Å². The molecule has 3 fully saturated rings. The summed E-state index contributed by atoms with van der Waals surface area (Å²) in [5.41, 5.74) is 1.29. The van der Waals surface area contributed by atoms with E-state index in [9.17, 15) is 9.59 Å². The van der Waals surface area contributed by atoms with Gasteiger partial charge in [0.05, 0.1) is 25.0 Å². The van der Waals surface area contributed by atoms with Crippen molar-refractivity contribution in [1.29, 1.82) is 0 Å². The highest BCUT2D eigenvalue weighted by Gasteiger charge is 2.35. The number of nitrogens with two attached hydrogens (primary N) is 1. The minimum atomic E-state index is -0.726. The van der Waals surface area contributed by atoms with E-state index in [0.717, 1.165) is 29.8 Å². The smallest absolute Gasteiger partial charge is 0.358 e. The Kier molecular flexibility index (Phi) is 7.29. The van der Waals surface area contributed by atoms with Crippen molar-refractivity contribution < 1.29 is 23.9 Å². The van der Waals surface area contributed by atoms with E-state index in [1.54, 1.807) is 31.4 Å². The highest BCUT2D eigenvalue weighted by atomic mass is 16.7. The van der Waals surface area contributed by atoms with Gasteiger partial charge in [0.15, 0.2) is 11.5 Å². The number of hydrogen-bond acceptors (Lipinski definition) is 6. The van der Waals surface area contributed by atoms with Crippen LogP contribution in [0.1, 0.15) is 48.0 Å². The quantitative estimate of drug-likeness (QED) is 0.451. The van der Waals surface area contributed by atoms with Crippen LogP contribution >= 0.6 is 0 Å². The number of rotatable bonds is 8. The lowest BCUT2D eigenvalue weighted by atomic mass is 9.65. The van der Waals surface area contributed by atoms with Crippen LogP contribution < -0.4 is 20.7 Å². The molecule has 5 rings (SSSR count). The van der Waals surface area contributed by atoms with Crippen molar-refractivity contribution in [2.45, 2.75) is 32.1 Å². The van der Waals surface area contributed by atoms with Gasteiger partial charge in [-0.1, -0.05) is 31.0 Å². The molecule has 3 aliphatic rings. The second kappa shape index (κ2) is 10.5. The van der Waals surface area contributed by atoms with Crippen LogP contribution in [0.4, 0.5) is 5.69 Å².